The fourth-order valence-electron chi connectivity index (χ4n) is 2.14. The van der Waals surface area contributed by atoms with Gasteiger partial charge in [-0.2, -0.15) is 0 Å². The summed E-state index contributed by atoms with van der Waals surface area (Å²) in [5.74, 6) is -5.21. The zero-order valence-electron chi connectivity index (χ0n) is 16.3. The van der Waals surface area contributed by atoms with Crippen LogP contribution in [0, 0.1) is 5.92 Å². The van der Waals surface area contributed by atoms with E-state index in [1.54, 1.807) is 13.8 Å². The summed E-state index contributed by atoms with van der Waals surface area (Å²) in [4.78, 5) is 58.2. The Morgan fingerprint density at radius 2 is 1.31 bits per heavy atom. The van der Waals surface area contributed by atoms with Gasteiger partial charge in [0.1, 0.15) is 18.1 Å². The van der Waals surface area contributed by atoms with Gasteiger partial charge in [-0.1, -0.05) is 13.8 Å². The van der Waals surface area contributed by atoms with Gasteiger partial charge in [0.25, 0.3) is 0 Å². The fraction of sp³-hybridized carbons (Fsp3) is 0.688. The van der Waals surface area contributed by atoms with E-state index < -0.39 is 72.9 Å². The first-order valence-corrected chi connectivity index (χ1v) is 8.84. The minimum atomic E-state index is -1.52. The van der Waals surface area contributed by atoms with Gasteiger partial charge in [0, 0.05) is 6.42 Å². The van der Waals surface area contributed by atoms with Crippen molar-refractivity contribution in [2.24, 2.45) is 17.4 Å². The van der Waals surface area contributed by atoms with Crippen molar-refractivity contribution in [3.05, 3.63) is 0 Å². The second kappa shape index (κ2) is 12.6. The van der Waals surface area contributed by atoms with Crippen LogP contribution in [0.5, 0.6) is 0 Å². The highest BCUT2D eigenvalue weighted by Crippen LogP contribution is 2.02. The number of primary amides is 1. The molecule has 13 nitrogen and oxygen atoms in total. The maximum Gasteiger partial charge on any atom is 0.326 e. The Bertz CT molecular complexity index is 612. The standard InChI is InChI=1S/C16H29N5O8/c1-7(2)12(16(28)29)21-15(27)10(6-23)20-14(26)9(5-22)19-13(25)8(17)3-4-11(18)24/h7-10,12,22-23H,3-6,17H2,1-2H3,(H2,18,24)(H,19,25)(H,20,26)(H,21,27)(H,28,29). The number of aliphatic carboxylic acids is 1. The number of nitrogens with two attached hydrogens (primary N) is 2. The first-order valence-electron chi connectivity index (χ1n) is 8.84. The van der Waals surface area contributed by atoms with Gasteiger partial charge in [-0.05, 0) is 12.3 Å². The molecule has 0 rings (SSSR count). The second-order valence-electron chi connectivity index (χ2n) is 6.67. The molecule has 166 valence electrons. The third-order valence-electron chi connectivity index (χ3n) is 3.90. The summed E-state index contributed by atoms with van der Waals surface area (Å²) >= 11 is 0. The first-order chi connectivity index (χ1) is 13.4. The molecular formula is C16H29N5O8. The van der Waals surface area contributed by atoms with E-state index in [0.29, 0.717) is 0 Å². The minimum Gasteiger partial charge on any atom is -0.480 e. The lowest BCUT2D eigenvalue weighted by atomic mass is 10.0. The Kier molecular flexibility index (Phi) is 11.4. The summed E-state index contributed by atoms with van der Waals surface area (Å²) in [5.41, 5.74) is 10.5. The monoisotopic (exact) mass is 419 g/mol. The van der Waals surface area contributed by atoms with Crippen molar-refractivity contribution >= 4 is 29.6 Å². The normalized spacial score (nSPS) is 15.0. The largest absolute Gasteiger partial charge is 0.480 e. The zero-order chi connectivity index (χ0) is 22.7. The number of carbonyl (C=O) groups excluding carboxylic acids is 4. The fourth-order valence-corrected chi connectivity index (χ4v) is 2.14. The summed E-state index contributed by atoms with van der Waals surface area (Å²) in [6.45, 7) is 1.42. The molecule has 0 aliphatic heterocycles. The van der Waals surface area contributed by atoms with Crippen molar-refractivity contribution in [3.8, 4) is 0 Å². The number of aliphatic hydroxyl groups is 2. The molecule has 29 heavy (non-hydrogen) atoms. The van der Waals surface area contributed by atoms with Crippen LogP contribution in [0.3, 0.4) is 0 Å². The van der Waals surface area contributed by atoms with Crippen molar-refractivity contribution in [3.63, 3.8) is 0 Å². The van der Waals surface area contributed by atoms with E-state index in [9.17, 15) is 34.2 Å². The average molecular weight is 419 g/mol. The van der Waals surface area contributed by atoms with Crippen LogP contribution >= 0.6 is 0 Å². The first kappa shape index (κ1) is 26.2. The number of hydrogen-bond acceptors (Lipinski definition) is 8. The minimum absolute atomic E-state index is 0.0750. The Labute approximate surface area is 167 Å². The van der Waals surface area contributed by atoms with Crippen molar-refractivity contribution < 1.29 is 39.3 Å². The van der Waals surface area contributed by atoms with E-state index in [0.717, 1.165) is 0 Å². The molecule has 0 aromatic carbocycles. The van der Waals surface area contributed by atoms with E-state index in [4.69, 9.17) is 16.6 Å². The number of amides is 4. The lowest BCUT2D eigenvalue weighted by Gasteiger charge is -2.24. The van der Waals surface area contributed by atoms with Crippen LogP contribution in [0.4, 0.5) is 0 Å². The molecule has 4 atom stereocenters. The van der Waals surface area contributed by atoms with Crippen molar-refractivity contribution in [1.82, 2.24) is 16.0 Å². The van der Waals surface area contributed by atoms with E-state index >= 15 is 0 Å². The summed E-state index contributed by atoms with van der Waals surface area (Å²) in [7, 11) is 0. The van der Waals surface area contributed by atoms with Crippen LogP contribution in [0.2, 0.25) is 0 Å². The third-order valence-corrected chi connectivity index (χ3v) is 3.90. The highest BCUT2D eigenvalue weighted by Gasteiger charge is 2.30. The molecule has 0 bridgehead atoms. The number of aliphatic hydroxyl groups excluding tert-OH is 2. The zero-order valence-corrected chi connectivity index (χ0v) is 16.3. The van der Waals surface area contributed by atoms with Crippen LogP contribution in [-0.2, 0) is 24.0 Å². The van der Waals surface area contributed by atoms with Gasteiger partial charge in [0.05, 0.1) is 19.3 Å². The van der Waals surface area contributed by atoms with E-state index in [-0.39, 0.29) is 12.8 Å². The predicted octanol–water partition coefficient (Wildman–Crippen LogP) is -4.24. The summed E-state index contributed by atoms with van der Waals surface area (Å²) < 4.78 is 0. The molecule has 0 spiro atoms. The van der Waals surface area contributed by atoms with Crippen molar-refractivity contribution in [2.75, 3.05) is 13.2 Å². The highest BCUT2D eigenvalue weighted by atomic mass is 16.4. The molecule has 4 amide bonds. The van der Waals surface area contributed by atoms with Gasteiger partial charge in [0.15, 0.2) is 0 Å². The molecule has 13 heteroatoms. The highest BCUT2D eigenvalue weighted by molar-refractivity contribution is 5.94. The molecule has 10 N–H and O–H groups in total. The number of carboxylic acid groups (broad SMARTS) is 1. The van der Waals surface area contributed by atoms with Crippen LogP contribution in [-0.4, -0.2) is 82.3 Å². The second-order valence-corrected chi connectivity index (χ2v) is 6.67. The van der Waals surface area contributed by atoms with Crippen LogP contribution in [0.15, 0.2) is 0 Å². The molecule has 4 unspecified atom stereocenters. The van der Waals surface area contributed by atoms with Gasteiger partial charge in [-0.3, -0.25) is 19.2 Å². The topological polar surface area (TPSA) is 234 Å². The maximum atomic E-state index is 12.2. The average Bonchev–Trinajstić information content (AvgIpc) is 2.64. The molecule has 0 aliphatic carbocycles. The Hall–Kier alpha value is -2.77. The lowest BCUT2D eigenvalue weighted by molar-refractivity contribution is -0.144. The van der Waals surface area contributed by atoms with Crippen LogP contribution in [0.25, 0.3) is 0 Å². The van der Waals surface area contributed by atoms with Crippen molar-refractivity contribution in [2.45, 2.75) is 50.9 Å². The van der Waals surface area contributed by atoms with E-state index in [1.807, 2.05) is 0 Å². The van der Waals surface area contributed by atoms with Gasteiger partial charge in [-0.25, -0.2) is 4.79 Å². The van der Waals surface area contributed by atoms with E-state index in [1.165, 1.54) is 0 Å². The summed E-state index contributed by atoms with van der Waals surface area (Å²) in [5, 5.41) is 34.2. The van der Waals surface area contributed by atoms with Crippen LogP contribution in [0.1, 0.15) is 26.7 Å². The van der Waals surface area contributed by atoms with Gasteiger partial charge >= 0.3 is 5.97 Å². The summed E-state index contributed by atoms with van der Waals surface area (Å²) in [6.07, 6.45) is -0.230. The molecule has 0 aromatic rings. The molecule has 0 fully saturated rings. The molecule has 0 aromatic heterocycles. The number of hydrogen-bond donors (Lipinski definition) is 8. The SMILES string of the molecule is CC(C)C(NC(=O)C(CO)NC(=O)C(CO)NC(=O)C(N)CCC(N)=O)C(=O)O. The predicted molar refractivity (Wildman–Crippen MR) is 98.8 cm³/mol. The van der Waals surface area contributed by atoms with Gasteiger partial charge < -0.3 is 42.7 Å². The summed E-state index contributed by atoms with van der Waals surface area (Å²) in [6, 6.07) is -5.42. The van der Waals surface area contributed by atoms with Gasteiger partial charge in [-0.15, -0.1) is 0 Å². The smallest absolute Gasteiger partial charge is 0.326 e. The number of nitrogens with one attached hydrogen (secondary N) is 3. The Balaban J connectivity index is 4.95. The lowest BCUT2D eigenvalue weighted by Crippen LogP contribution is -2.59. The van der Waals surface area contributed by atoms with Crippen LogP contribution < -0.4 is 27.4 Å². The Morgan fingerprint density at radius 3 is 1.69 bits per heavy atom. The molecular weight excluding hydrogens is 390 g/mol. The number of rotatable bonds is 13. The molecule has 0 saturated heterocycles. The number of carbonyl (C=O) groups is 5. The number of carboxylic acids is 1. The molecule has 0 aliphatic rings. The van der Waals surface area contributed by atoms with Gasteiger partial charge in [0.2, 0.25) is 23.6 Å². The quantitative estimate of drug-likeness (QED) is 0.144. The van der Waals surface area contributed by atoms with Crippen molar-refractivity contribution in [1.29, 1.82) is 0 Å². The third kappa shape index (κ3) is 9.32. The van der Waals surface area contributed by atoms with E-state index in [2.05, 4.69) is 16.0 Å². The maximum absolute atomic E-state index is 12.2. The molecule has 0 radical (unpaired) electrons. The molecule has 0 saturated carbocycles. The Morgan fingerprint density at radius 1 is 0.862 bits per heavy atom. The molecule has 0 heterocycles.